The molecule has 1 aromatic heterocycles. The molecule has 0 bridgehead atoms. The Balaban J connectivity index is 2.40. The third-order valence-electron chi connectivity index (χ3n) is 3.56. The van der Waals surface area contributed by atoms with Gasteiger partial charge in [-0.2, -0.15) is 0 Å². The lowest BCUT2D eigenvalue weighted by molar-refractivity contribution is 0.0524. The van der Waals surface area contributed by atoms with Crippen LogP contribution in [0.3, 0.4) is 0 Å². The van der Waals surface area contributed by atoms with Crippen LogP contribution in [0.25, 0.3) is 21.7 Å². The zero-order chi connectivity index (χ0) is 15.0. The molecule has 4 nitrogen and oxygen atoms in total. The van der Waals surface area contributed by atoms with Crippen molar-refractivity contribution < 1.29 is 9.53 Å². The maximum atomic E-state index is 12.5. The molecule has 3 rings (SSSR count). The molecule has 21 heavy (non-hydrogen) atoms. The number of rotatable bonds is 2. The van der Waals surface area contributed by atoms with Crippen molar-refractivity contribution >= 4 is 27.6 Å². The Bertz CT molecular complexity index is 909. The second-order valence-corrected chi connectivity index (χ2v) is 4.89. The van der Waals surface area contributed by atoms with Gasteiger partial charge >= 0.3 is 5.97 Å². The minimum absolute atomic E-state index is 0.0714. The van der Waals surface area contributed by atoms with Gasteiger partial charge in [-0.15, -0.1) is 0 Å². The molecule has 0 aliphatic heterocycles. The van der Waals surface area contributed by atoms with Crippen LogP contribution in [0, 0.1) is 0 Å². The van der Waals surface area contributed by atoms with E-state index in [1.54, 1.807) is 19.2 Å². The fraction of sp³-hybridized carbons (Fsp3) is 0.176. The highest BCUT2D eigenvalue weighted by molar-refractivity contribution is 6.07. The molecule has 4 heteroatoms. The second kappa shape index (κ2) is 5.05. The summed E-state index contributed by atoms with van der Waals surface area (Å²) in [4.78, 5) is 24.4. The summed E-state index contributed by atoms with van der Waals surface area (Å²) in [6.07, 6.45) is 1.55. The number of hydrogen-bond acceptors (Lipinski definition) is 3. The number of esters is 1. The maximum absolute atomic E-state index is 12.5. The van der Waals surface area contributed by atoms with Crippen molar-refractivity contribution in [2.45, 2.75) is 6.92 Å². The van der Waals surface area contributed by atoms with Gasteiger partial charge in [-0.3, -0.25) is 4.79 Å². The minimum atomic E-state index is -0.576. The van der Waals surface area contributed by atoms with Crippen LogP contribution >= 0.6 is 0 Å². The molecule has 0 atom stereocenters. The average molecular weight is 281 g/mol. The molecule has 0 spiro atoms. The molecule has 1 heterocycles. The molecule has 0 aliphatic carbocycles. The molecule has 0 saturated carbocycles. The van der Waals surface area contributed by atoms with Gasteiger partial charge in [-0.05, 0) is 18.4 Å². The van der Waals surface area contributed by atoms with Crippen LogP contribution in [0.2, 0.25) is 0 Å². The van der Waals surface area contributed by atoms with E-state index < -0.39 is 5.97 Å². The molecule has 0 fully saturated rings. The fourth-order valence-corrected chi connectivity index (χ4v) is 2.63. The summed E-state index contributed by atoms with van der Waals surface area (Å²) in [7, 11) is 1.83. The van der Waals surface area contributed by atoms with Crippen LogP contribution in [-0.4, -0.2) is 17.1 Å². The van der Waals surface area contributed by atoms with E-state index in [0.717, 1.165) is 16.3 Å². The standard InChI is InChI=1S/C17H15NO3/c1-3-21-17(20)14-10-18(2)15-12-7-5-4-6-11(12)8-9-13(15)16(14)19/h4-10H,3H2,1-2H3. The van der Waals surface area contributed by atoms with Crippen LogP contribution in [0.5, 0.6) is 0 Å². The lowest BCUT2D eigenvalue weighted by atomic mass is 10.0. The Morgan fingerprint density at radius 1 is 1.14 bits per heavy atom. The Morgan fingerprint density at radius 2 is 1.90 bits per heavy atom. The zero-order valence-corrected chi connectivity index (χ0v) is 11.9. The molecule has 3 aromatic rings. The number of fused-ring (bicyclic) bond motifs is 3. The van der Waals surface area contributed by atoms with Gasteiger partial charge in [0.15, 0.2) is 0 Å². The summed E-state index contributed by atoms with van der Waals surface area (Å²) in [5.74, 6) is -0.576. The second-order valence-electron chi connectivity index (χ2n) is 4.89. The minimum Gasteiger partial charge on any atom is -0.462 e. The van der Waals surface area contributed by atoms with E-state index in [2.05, 4.69) is 0 Å². The van der Waals surface area contributed by atoms with E-state index in [9.17, 15) is 9.59 Å². The van der Waals surface area contributed by atoms with Crippen molar-refractivity contribution in [2.24, 2.45) is 7.05 Å². The molecular formula is C17H15NO3. The summed E-state index contributed by atoms with van der Waals surface area (Å²) in [6.45, 7) is 1.97. The molecule has 0 radical (unpaired) electrons. The number of aromatic nitrogens is 1. The Hall–Kier alpha value is -2.62. The molecule has 0 N–H and O–H groups in total. The highest BCUT2D eigenvalue weighted by Gasteiger charge is 2.16. The zero-order valence-electron chi connectivity index (χ0n) is 11.9. The van der Waals surface area contributed by atoms with Crippen molar-refractivity contribution in [3.63, 3.8) is 0 Å². The van der Waals surface area contributed by atoms with E-state index in [1.807, 2.05) is 41.9 Å². The largest absolute Gasteiger partial charge is 0.462 e. The van der Waals surface area contributed by atoms with Crippen LogP contribution < -0.4 is 5.43 Å². The molecule has 0 unspecified atom stereocenters. The number of hydrogen-bond donors (Lipinski definition) is 0. The quantitative estimate of drug-likeness (QED) is 0.536. The van der Waals surface area contributed by atoms with Crippen molar-refractivity contribution in [2.75, 3.05) is 6.61 Å². The number of carbonyl (C=O) groups is 1. The van der Waals surface area contributed by atoms with Crippen LogP contribution in [0.4, 0.5) is 0 Å². The number of ether oxygens (including phenoxy) is 1. The first-order valence-corrected chi connectivity index (χ1v) is 6.81. The van der Waals surface area contributed by atoms with Crippen LogP contribution in [-0.2, 0) is 11.8 Å². The normalized spacial score (nSPS) is 11.0. The van der Waals surface area contributed by atoms with E-state index in [4.69, 9.17) is 4.74 Å². The first-order valence-electron chi connectivity index (χ1n) is 6.81. The highest BCUT2D eigenvalue weighted by Crippen LogP contribution is 2.23. The number of aryl methyl sites for hydroxylation is 1. The molecule has 106 valence electrons. The van der Waals surface area contributed by atoms with Gasteiger partial charge in [0, 0.05) is 24.0 Å². The van der Waals surface area contributed by atoms with E-state index in [0.29, 0.717) is 5.39 Å². The Kier molecular flexibility index (Phi) is 3.22. The number of benzene rings is 2. The van der Waals surface area contributed by atoms with Crippen molar-refractivity contribution in [3.8, 4) is 0 Å². The van der Waals surface area contributed by atoms with E-state index >= 15 is 0 Å². The molecule has 2 aromatic carbocycles. The third kappa shape index (κ3) is 2.09. The Morgan fingerprint density at radius 3 is 2.67 bits per heavy atom. The predicted octanol–water partition coefficient (Wildman–Crippen LogP) is 2.87. The topological polar surface area (TPSA) is 48.3 Å². The van der Waals surface area contributed by atoms with Gasteiger partial charge in [-0.25, -0.2) is 4.79 Å². The van der Waals surface area contributed by atoms with Crippen molar-refractivity contribution in [3.05, 3.63) is 58.4 Å². The summed E-state index contributed by atoms with van der Waals surface area (Å²) < 4.78 is 6.76. The fourth-order valence-electron chi connectivity index (χ4n) is 2.63. The summed E-state index contributed by atoms with van der Waals surface area (Å²) >= 11 is 0. The molecule has 0 aliphatic rings. The monoisotopic (exact) mass is 281 g/mol. The Labute approximate surface area is 121 Å². The maximum Gasteiger partial charge on any atom is 0.343 e. The van der Waals surface area contributed by atoms with Gasteiger partial charge in [0.2, 0.25) is 5.43 Å². The van der Waals surface area contributed by atoms with E-state index in [1.165, 1.54) is 0 Å². The molecule has 0 amide bonds. The SMILES string of the molecule is CCOC(=O)c1cn(C)c2c(ccc3ccccc32)c1=O. The number of carbonyl (C=O) groups excluding carboxylic acids is 1. The van der Waals surface area contributed by atoms with Gasteiger partial charge in [-0.1, -0.05) is 30.3 Å². The summed E-state index contributed by atoms with van der Waals surface area (Å²) in [6, 6.07) is 11.5. The first-order chi connectivity index (χ1) is 10.1. The highest BCUT2D eigenvalue weighted by atomic mass is 16.5. The van der Waals surface area contributed by atoms with Gasteiger partial charge in [0.25, 0.3) is 0 Å². The molecular weight excluding hydrogens is 266 g/mol. The predicted molar refractivity (Wildman–Crippen MR) is 82.7 cm³/mol. The lowest BCUT2D eigenvalue weighted by Gasteiger charge is -2.11. The lowest BCUT2D eigenvalue weighted by Crippen LogP contribution is -2.20. The average Bonchev–Trinajstić information content (AvgIpc) is 2.50. The van der Waals surface area contributed by atoms with E-state index in [-0.39, 0.29) is 17.6 Å². The van der Waals surface area contributed by atoms with Crippen molar-refractivity contribution in [1.82, 2.24) is 4.57 Å². The number of nitrogens with zero attached hydrogens (tertiary/aromatic N) is 1. The van der Waals surface area contributed by atoms with Gasteiger partial charge in [0.05, 0.1) is 12.1 Å². The smallest absolute Gasteiger partial charge is 0.343 e. The summed E-state index contributed by atoms with van der Waals surface area (Å²) in [5.41, 5.74) is 0.612. The van der Waals surface area contributed by atoms with Gasteiger partial charge in [0.1, 0.15) is 5.56 Å². The molecule has 0 saturated heterocycles. The van der Waals surface area contributed by atoms with Gasteiger partial charge < -0.3 is 9.30 Å². The number of pyridine rings is 1. The van der Waals surface area contributed by atoms with Crippen LogP contribution in [0.1, 0.15) is 17.3 Å². The first kappa shape index (κ1) is 13.4. The summed E-state index contributed by atoms with van der Waals surface area (Å²) in [5, 5.41) is 2.58. The van der Waals surface area contributed by atoms with Crippen LogP contribution in [0.15, 0.2) is 47.4 Å². The van der Waals surface area contributed by atoms with Crippen molar-refractivity contribution in [1.29, 1.82) is 0 Å². The third-order valence-corrected chi connectivity index (χ3v) is 3.56.